The fourth-order valence-electron chi connectivity index (χ4n) is 1.61. The smallest absolute Gasteiger partial charge is 0.352 e. The van der Waals surface area contributed by atoms with Gasteiger partial charge in [0.25, 0.3) is 0 Å². The van der Waals surface area contributed by atoms with E-state index in [2.05, 4.69) is 22.6 Å². The molecule has 0 saturated carbocycles. The zero-order valence-corrected chi connectivity index (χ0v) is 12.3. The summed E-state index contributed by atoms with van der Waals surface area (Å²) in [5.41, 5.74) is 0.877. The summed E-state index contributed by atoms with van der Waals surface area (Å²) < 4.78 is 7.48. The second kappa shape index (κ2) is 5.19. The summed E-state index contributed by atoms with van der Waals surface area (Å²) in [5, 5.41) is 9.57. The number of aromatic carboxylic acids is 1. The lowest BCUT2D eigenvalue weighted by molar-refractivity contribution is 0.0688. The van der Waals surface area contributed by atoms with Gasteiger partial charge in [-0.3, -0.25) is 0 Å². The van der Waals surface area contributed by atoms with Crippen molar-refractivity contribution in [1.82, 2.24) is 4.57 Å². The standard InChI is InChI=1S/C12H9ClINO3/c1-18-11-3-2-8(5-9(11)13)15-6-7(14)4-10(15)12(16)17/h2-6H,1H3,(H,16,17). The van der Waals surface area contributed by atoms with Crippen molar-refractivity contribution in [3.8, 4) is 11.4 Å². The Kier molecular flexibility index (Phi) is 3.82. The van der Waals surface area contributed by atoms with Gasteiger partial charge in [-0.2, -0.15) is 0 Å². The molecule has 1 N–H and O–H groups in total. The minimum Gasteiger partial charge on any atom is -0.495 e. The van der Waals surface area contributed by atoms with Crippen LogP contribution in [0.15, 0.2) is 30.5 Å². The van der Waals surface area contributed by atoms with Gasteiger partial charge in [0, 0.05) is 15.5 Å². The van der Waals surface area contributed by atoms with Crippen molar-refractivity contribution in [2.45, 2.75) is 0 Å². The van der Waals surface area contributed by atoms with Gasteiger partial charge in [0.2, 0.25) is 0 Å². The Morgan fingerprint density at radius 3 is 2.72 bits per heavy atom. The molecule has 0 spiro atoms. The molecular weight excluding hydrogens is 368 g/mol. The van der Waals surface area contributed by atoms with E-state index in [0.717, 1.165) is 3.57 Å². The average Bonchev–Trinajstić information content (AvgIpc) is 2.71. The van der Waals surface area contributed by atoms with Gasteiger partial charge in [-0.05, 0) is 46.9 Å². The van der Waals surface area contributed by atoms with E-state index >= 15 is 0 Å². The number of carboxylic acid groups (broad SMARTS) is 1. The fourth-order valence-corrected chi connectivity index (χ4v) is 2.44. The van der Waals surface area contributed by atoms with E-state index in [1.807, 2.05) is 0 Å². The van der Waals surface area contributed by atoms with E-state index < -0.39 is 5.97 Å². The minimum atomic E-state index is -0.982. The maximum atomic E-state index is 11.1. The summed E-state index contributed by atoms with van der Waals surface area (Å²) in [4.78, 5) is 11.1. The minimum absolute atomic E-state index is 0.195. The normalized spacial score (nSPS) is 10.4. The predicted octanol–water partition coefficient (Wildman–Crippen LogP) is 3.44. The molecule has 0 radical (unpaired) electrons. The maximum absolute atomic E-state index is 11.1. The third kappa shape index (κ3) is 2.46. The molecule has 0 bridgehead atoms. The van der Waals surface area contributed by atoms with E-state index in [1.54, 1.807) is 35.0 Å². The van der Waals surface area contributed by atoms with Gasteiger partial charge >= 0.3 is 5.97 Å². The van der Waals surface area contributed by atoms with Crippen molar-refractivity contribution in [3.05, 3.63) is 44.7 Å². The van der Waals surface area contributed by atoms with Gasteiger partial charge in [0.05, 0.1) is 12.1 Å². The van der Waals surface area contributed by atoms with Gasteiger partial charge in [-0.15, -0.1) is 0 Å². The van der Waals surface area contributed by atoms with Crippen molar-refractivity contribution < 1.29 is 14.6 Å². The molecule has 0 aliphatic carbocycles. The first-order valence-corrected chi connectivity index (χ1v) is 6.43. The molecule has 1 heterocycles. The Morgan fingerprint density at radius 1 is 1.44 bits per heavy atom. The molecule has 0 saturated heterocycles. The van der Waals surface area contributed by atoms with E-state index in [0.29, 0.717) is 16.5 Å². The monoisotopic (exact) mass is 377 g/mol. The number of aromatic nitrogens is 1. The molecule has 1 aromatic carbocycles. The number of ether oxygens (including phenoxy) is 1. The summed E-state index contributed by atoms with van der Waals surface area (Å²) in [5.74, 6) is -0.427. The highest BCUT2D eigenvalue weighted by atomic mass is 127. The molecule has 0 aliphatic heterocycles. The number of carbonyl (C=O) groups is 1. The van der Waals surface area contributed by atoms with Crippen LogP contribution in [0.5, 0.6) is 5.75 Å². The topological polar surface area (TPSA) is 51.5 Å². The SMILES string of the molecule is COc1ccc(-n2cc(I)cc2C(=O)O)cc1Cl. The van der Waals surface area contributed by atoms with Crippen LogP contribution in [-0.2, 0) is 0 Å². The maximum Gasteiger partial charge on any atom is 0.352 e. The molecule has 0 fully saturated rings. The number of nitrogens with zero attached hydrogens (tertiary/aromatic N) is 1. The molecule has 1 aromatic heterocycles. The number of carboxylic acids is 1. The first-order valence-electron chi connectivity index (χ1n) is 4.98. The van der Waals surface area contributed by atoms with E-state index in [-0.39, 0.29) is 5.69 Å². The zero-order valence-electron chi connectivity index (χ0n) is 9.35. The van der Waals surface area contributed by atoms with Gasteiger partial charge in [0.1, 0.15) is 11.4 Å². The molecular formula is C12H9ClINO3. The number of benzene rings is 1. The Balaban J connectivity index is 2.55. The number of rotatable bonds is 3. The van der Waals surface area contributed by atoms with Crippen LogP contribution in [0.2, 0.25) is 5.02 Å². The number of halogens is 2. The van der Waals surface area contributed by atoms with Crippen LogP contribution in [0.3, 0.4) is 0 Å². The van der Waals surface area contributed by atoms with Gasteiger partial charge < -0.3 is 14.4 Å². The van der Waals surface area contributed by atoms with E-state index in [4.69, 9.17) is 21.4 Å². The van der Waals surface area contributed by atoms with Crippen LogP contribution in [0, 0.1) is 3.57 Å². The molecule has 18 heavy (non-hydrogen) atoms. The lowest BCUT2D eigenvalue weighted by Crippen LogP contribution is -2.05. The molecule has 0 atom stereocenters. The largest absolute Gasteiger partial charge is 0.495 e. The van der Waals surface area contributed by atoms with Crippen LogP contribution in [-0.4, -0.2) is 22.8 Å². The van der Waals surface area contributed by atoms with E-state index in [9.17, 15) is 4.79 Å². The Hall–Kier alpha value is -1.21. The summed E-state index contributed by atoms with van der Waals surface area (Å²) in [6.07, 6.45) is 1.74. The molecule has 2 aromatic rings. The highest BCUT2D eigenvalue weighted by Gasteiger charge is 2.13. The van der Waals surface area contributed by atoms with Gasteiger partial charge in [-0.1, -0.05) is 11.6 Å². The molecule has 4 nitrogen and oxygen atoms in total. The average molecular weight is 378 g/mol. The van der Waals surface area contributed by atoms with Crippen LogP contribution in [0.4, 0.5) is 0 Å². The Morgan fingerprint density at radius 2 is 2.17 bits per heavy atom. The Bertz CT molecular complexity index is 609. The number of hydrogen-bond donors (Lipinski definition) is 1. The third-order valence-electron chi connectivity index (χ3n) is 2.42. The molecule has 6 heteroatoms. The van der Waals surface area contributed by atoms with Crippen molar-refractivity contribution >= 4 is 40.2 Å². The molecule has 0 unspecified atom stereocenters. The van der Waals surface area contributed by atoms with Crippen molar-refractivity contribution in [2.24, 2.45) is 0 Å². The molecule has 0 amide bonds. The number of methoxy groups -OCH3 is 1. The van der Waals surface area contributed by atoms with Crippen molar-refractivity contribution in [3.63, 3.8) is 0 Å². The van der Waals surface area contributed by atoms with Gasteiger partial charge in [-0.25, -0.2) is 4.79 Å². The molecule has 94 valence electrons. The second-order valence-electron chi connectivity index (χ2n) is 3.54. The Labute approximate surface area is 122 Å². The zero-order chi connectivity index (χ0) is 13.3. The highest BCUT2D eigenvalue weighted by molar-refractivity contribution is 14.1. The molecule has 2 rings (SSSR count). The molecule has 0 aliphatic rings. The van der Waals surface area contributed by atoms with Gasteiger partial charge in [0.15, 0.2) is 0 Å². The predicted molar refractivity (Wildman–Crippen MR) is 77.0 cm³/mol. The summed E-state index contributed by atoms with van der Waals surface area (Å²) in [6.45, 7) is 0. The quantitative estimate of drug-likeness (QED) is 0.834. The summed E-state index contributed by atoms with van der Waals surface area (Å²) in [6, 6.07) is 6.73. The van der Waals surface area contributed by atoms with Crippen LogP contribution in [0.25, 0.3) is 5.69 Å². The lowest BCUT2D eigenvalue weighted by Gasteiger charge is -2.09. The first kappa shape index (κ1) is 13.2. The van der Waals surface area contributed by atoms with Crippen LogP contribution in [0.1, 0.15) is 10.5 Å². The van der Waals surface area contributed by atoms with Crippen molar-refractivity contribution in [2.75, 3.05) is 7.11 Å². The van der Waals surface area contributed by atoms with Crippen molar-refractivity contribution in [1.29, 1.82) is 0 Å². The number of hydrogen-bond acceptors (Lipinski definition) is 2. The van der Waals surface area contributed by atoms with Crippen LogP contribution >= 0.6 is 34.2 Å². The lowest BCUT2D eigenvalue weighted by atomic mass is 10.3. The second-order valence-corrected chi connectivity index (χ2v) is 5.19. The highest BCUT2D eigenvalue weighted by Crippen LogP contribution is 2.28. The van der Waals surface area contributed by atoms with E-state index in [1.165, 1.54) is 7.11 Å². The van der Waals surface area contributed by atoms with Crippen LogP contribution < -0.4 is 4.74 Å². The fraction of sp³-hybridized carbons (Fsp3) is 0.0833. The third-order valence-corrected chi connectivity index (χ3v) is 3.30. The first-order chi connectivity index (χ1) is 8.52. The summed E-state index contributed by atoms with van der Waals surface area (Å²) in [7, 11) is 1.53. The summed E-state index contributed by atoms with van der Waals surface area (Å²) >= 11 is 8.10.